The lowest BCUT2D eigenvalue weighted by molar-refractivity contribution is 0.0816. The van der Waals surface area contributed by atoms with Gasteiger partial charge in [0, 0.05) is 19.6 Å². The van der Waals surface area contributed by atoms with E-state index >= 15 is 0 Å². The van der Waals surface area contributed by atoms with Crippen LogP contribution < -0.4 is 5.32 Å². The zero-order valence-electron chi connectivity index (χ0n) is 16.5. The van der Waals surface area contributed by atoms with Crippen molar-refractivity contribution in [2.45, 2.75) is 25.4 Å². The third kappa shape index (κ3) is 4.92. The number of rotatable bonds is 7. The number of amides is 1. The van der Waals surface area contributed by atoms with Crippen molar-refractivity contribution in [3.63, 3.8) is 0 Å². The molecule has 0 unspecified atom stereocenters. The molecule has 2 N–H and O–H groups in total. The lowest BCUT2D eigenvalue weighted by Gasteiger charge is -2.29. The van der Waals surface area contributed by atoms with Crippen LogP contribution in [0.25, 0.3) is 16.4 Å². The number of carbonyl (C=O) groups is 1. The Morgan fingerprint density at radius 1 is 1.27 bits per heavy atom. The first kappa shape index (κ1) is 20.6. The highest BCUT2D eigenvalue weighted by molar-refractivity contribution is 7.13. The highest BCUT2D eigenvalue weighted by Gasteiger charge is 2.20. The van der Waals surface area contributed by atoms with Gasteiger partial charge in [0.25, 0.3) is 5.91 Å². The van der Waals surface area contributed by atoms with Crippen LogP contribution in [0.2, 0.25) is 0 Å². The molecule has 0 spiro atoms. The quantitative estimate of drug-likeness (QED) is 0.565. The van der Waals surface area contributed by atoms with Crippen LogP contribution in [0.4, 0.5) is 4.39 Å². The van der Waals surface area contributed by atoms with Gasteiger partial charge in [-0.05, 0) is 55.5 Å². The summed E-state index contributed by atoms with van der Waals surface area (Å²) in [7, 11) is 0. The average molecular weight is 430 g/mol. The van der Waals surface area contributed by atoms with Crippen LogP contribution in [0.5, 0.6) is 0 Å². The number of benzene rings is 1. The Labute approximate surface area is 178 Å². The van der Waals surface area contributed by atoms with E-state index in [2.05, 4.69) is 20.3 Å². The molecule has 1 aliphatic rings. The van der Waals surface area contributed by atoms with Crippen molar-refractivity contribution < 1.29 is 14.3 Å². The molecule has 7 nitrogen and oxygen atoms in total. The van der Waals surface area contributed by atoms with E-state index in [9.17, 15) is 14.3 Å². The molecule has 158 valence electrons. The number of nitrogens with one attached hydrogen (secondary N) is 1. The first-order valence-corrected chi connectivity index (χ1v) is 10.9. The molecule has 1 fully saturated rings. The van der Waals surface area contributed by atoms with Crippen molar-refractivity contribution in [1.29, 1.82) is 0 Å². The molecular formula is C21H24FN5O2S. The van der Waals surface area contributed by atoms with Crippen LogP contribution >= 0.6 is 11.3 Å². The highest BCUT2D eigenvalue weighted by atomic mass is 32.1. The van der Waals surface area contributed by atoms with Gasteiger partial charge in [-0.15, -0.1) is 16.4 Å². The zero-order valence-corrected chi connectivity index (χ0v) is 17.3. The molecule has 1 aromatic carbocycles. The van der Waals surface area contributed by atoms with E-state index in [-0.39, 0.29) is 23.7 Å². The third-order valence-corrected chi connectivity index (χ3v) is 5.96. The summed E-state index contributed by atoms with van der Waals surface area (Å²) in [6.07, 6.45) is 2.24. The molecule has 2 aromatic heterocycles. The number of aromatic nitrogens is 3. The van der Waals surface area contributed by atoms with Crippen molar-refractivity contribution in [2.75, 3.05) is 26.2 Å². The van der Waals surface area contributed by atoms with Gasteiger partial charge in [0.15, 0.2) is 5.82 Å². The number of thiophene rings is 1. The number of halogens is 1. The van der Waals surface area contributed by atoms with Crippen LogP contribution in [0.1, 0.15) is 29.9 Å². The van der Waals surface area contributed by atoms with Gasteiger partial charge >= 0.3 is 0 Å². The molecule has 4 rings (SSSR count). The van der Waals surface area contributed by atoms with Gasteiger partial charge in [0.2, 0.25) is 5.82 Å². The predicted molar refractivity (Wildman–Crippen MR) is 113 cm³/mol. The second kappa shape index (κ2) is 9.46. The average Bonchev–Trinajstić information content (AvgIpc) is 3.42. The number of likely N-dealkylation sites (tertiary alicyclic amines) is 1. The minimum atomic E-state index is -0.378. The van der Waals surface area contributed by atoms with Gasteiger partial charge in [-0.3, -0.25) is 4.79 Å². The van der Waals surface area contributed by atoms with Crippen molar-refractivity contribution in [3.8, 4) is 16.4 Å². The first-order valence-electron chi connectivity index (χ1n) is 10.1. The molecule has 30 heavy (non-hydrogen) atoms. The fraction of sp³-hybridized carbons (Fsp3) is 0.381. The maximum absolute atomic E-state index is 13.7. The van der Waals surface area contributed by atoms with Crippen molar-refractivity contribution in [1.82, 2.24) is 25.0 Å². The molecule has 1 aliphatic heterocycles. The molecule has 3 aromatic rings. The Morgan fingerprint density at radius 3 is 2.83 bits per heavy atom. The molecule has 0 radical (unpaired) electrons. The summed E-state index contributed by atoms with van der Waals surface area (Å²) < 4.78 is 15.2. The molecular weight excluding hydrogens is 405 g/mol. The second-order valence-corrected chi connectivity index (χ2v) is 8.26. The standard InChI is InChI=1S/C21H24FN5O2S/c22-15-4-1-5-16(14-15)27-20(18-6-2-13-30-18)24-19(25-27)21(29)23-9-3-10-26-11-7-17(28)8-12-26/h1-2,4-6,13-14,17,28H,3,7-12H2,(H,23,29). The summed E-state index contributed by atoms with van der Waals surface area (Å²) in [6.45, 7) is 3.16. The number of aliphatic hydroxyl groups is 1. The molecule has 0 saturated carbocycles. The SMILES string of the molecule is O=C(NCCCN1CCC(O)CC1)c1nc(-c2cccs2)n(-c2cccc(F)c2)n1. The summed E-state index contributed by atoms with van der Waals surface area (Å²) >= 11 is 1.48. The van der Waals surface area contributed by atoms with Gasteiger partial charge in [0.1, 0.15) is 5.82 Å². The Balaban J connectivity index is 1.42. The Kier molecular flexibility index (Phi) is 6.51. The summed E-state index contributed by atoms with van der Waals surface area (Å²) in [5.74, 6) is -0.162. The largest absolute Gasteiger partial charge is 0.393 e. The molecule has 9 heteroatoms. The molecule has 0 aliphatic carbocycles. The van der Waals surface area contributed by atoms with Gasteiger partial charge in [-0.25, -0.2) is 14.1 Å². The fourth-order valence-corrected chi connectivity index (χ4v) is 4.19. The first-order chi connectivity index (χ1) is 14.6. The Bertz CT molecular complexity index is 983. The van der Waals surface area contributed by atoms with E-state index in [1.54, 1.807) is 12.1 Å². The van der Waals surface area contributed by atoms with E-state index < -0.39 is 0 Å². The van der Waals surface area contributed by atoms with Crippen LogP contribution in [0.3, 0.4) is 0 Å². The normalized spacial score (nSPS) is 15.4. The zero-order chi connectivity index (χ0) is 20.9. The summed E-state index contributed by atoms with van der Waals surface area (Å²) in [5.41, 5.74) is 0.511. The van der Waals surface area contributed by atoms with Gasteiger partial charge in [-0.1, -0.05) is 12.1 Å². The monoisotopic (exact) mass is 429 g/mol. The number of piperidine rings is 1. The smallest absolute Gasteiger partial charge is 0.290 e. The van der Waals surface area contributed by atoms with E-state index in [1.807, 2.05) is 17.5 Å². The summed E-state index contributed by atoms with van der Waals surface area (Å²) in [4.78, 5) is 20.2. The van der Waals surface area contributed by atoms with Crippen molar-refractivity contribution >= 4 is 17.2 Å². The lowest BCUT2D eigenvalue weighted by atomic mass is 10.1. The van der Waals surface area contributed by atoms with Crippen LogP contribution in [-0.2, 0) is 0 Å². The third-order valence-electron chi connectivity index (χ3n) is 5.10. The van der Waals surface area contributed by atoms with E-state index in [0.29, 0.717) is 18.1 Å². The van der Waals surface area contributed by atoms with Gasteiger partial charge in [-0.2, -0.15) is 0 Å². The number of nitrogens with zero attached hydrogens (tertiary/aromatic N) is 4. The number of hydrogen-bond acceptors (Lipinski definition) is 6. The van der Waals surface area contributed by atoms with Crippen LogP contribution in [0, 0.1) is 5.82 Å². The van der Waals surface area contributed by atoms with Crippen LogP contribution in [0.15, 0.2) is 41.8 Å². The second-order valence-electron chi connectivity index (χ2n) is 7.31. The number of hydrogen-bond donors (Lipinski definition) is 2. The lowest BCUT2D eigenvalue weighted by Crippen LogP contribution is -2.37. The Morgan fingerprint density at radius 2 is 2.10 bits per heavy atom. The van der Waals surface area contributed by atoms with Crippen molar-refractivity contribution in [3.05, 3.63) is 53.4 Å². The topological polar surface area (TPSA) is 83.3 Å². The fourth-order valence-electron chi connectivity index (χ4n) is 3.49. The van der Waals surface area contributed by atoms with Gasteiger partial charge < -0.3 is 15.3 Å². The summed E-state index contributed by atoms with van der Waals surface area (Å²) in [5, 5.41) is 18.7. The van der Waals surface area contributed by atoms with Crippen LogP contribution in [-0.4, -0.2) is 63.0 Å². The minimum Gasteiger partial charge on any atom is -0.393 e. The molecule has 1 amide bonds. The predicted octanol–water partition coefficient (Wildman–Crippen LogP) is 2.71. The molecule has 3 heterocycles. The van der Waals surface area contributed by atoms with E-state index in [4.69, 9.17) is 0 Å². The highest BCUT2D eigenvalue weighted by Crippen LogP contribution is 2.25. The van der Waals surface area contributed by atoms with Gasteiger partial charge in [0.05, 0.1) is 16.7 Å². The van der Waals surface area contributed by atoms with E-state index in [1.165, 1.54) is 28.2 Å². The summed E-state index contributed by atoms with van der Waals surface area (Å²) in [6, 6.07) is 9.84. The number of carbonyl (C=O) groups excluding carboxylic acids is 1. The molecule has 1 saturated heterocycles. The molecule has 0 bridgehead atoms. The molecule has 0 atom stereocenters. The maximum atomic E-state index is 13.7. The van der Waals surface area contributed by atoms with E-state index in [0.717, 1.165) is 43.8 Å². The van der Waals surface area contributed by atoms with Crippen molar-refractivity contribution in [2.24, 2.45) is 0 Å². The Hall–Kier alpha value is -2.62. The maximum Gasteiger partial charge on any atom is 0.290 e. The number of aliphatic hydroxyl groups excluding tert-OH is 1. The minimum absolute atomic E-state index is 0.0590.